The van der Waals surface area contributed by atoms with E-state index in [1.807, 2.05) is 6.92 Å². The van der Waals surface area contributed by atoms with Gasteiger partial charge in [0.25, 0.3) is 5.91 Å². The standard InChI is InChI=1S/C20H24N2O6/c1-2-27-14-9-7-13(8-10-14)21-17(23)12-28-18(24)11-22-19(25)15-5-3-4-6-16(15)20(22)26/h7-10,15-16H,2-6,11-12H2,1H3,(H,21,23)/t15-,16+. The monoisotopic (exact) mass is 388 g/mol. The van der Waals surface area contributed by atoms with Crippen LogP contribution in [-0.4, -0.2) is 48.3 Å². The van der Waals surface area contributed by atoms with Crippen molar-refractivity contribution in [2.24, 2.45) is 11.8 Å². The second-order valence-corrected chi connectivity index (χ2v) is 6.93. The highest BCUT2D eigenvalue weighted by Gasteiger charge is 2.48. The fourth-order valence-corrected chi connectivity index (χ4v) is 3.71. The van der Waals surface area contributed by atoms with Crippen LogP contribution in [0.25, 0.3) is 0 Å². The van der Waals surface area contributed by atoms with Crippen LogP contribution in [0.3, 0.4) is 0 Å². The molecule has 3 rings (SSSR count). The summed E-state index contributed by atoms with van der Waals surface area (Å²) in [6.07, 6.45) is 3.21. The van der Waals surface area contributed by atoms with Crippen molar-refractivity contribution in [3.8, 4) is 5.75 Å². The maximum atomic E-state index is 12.3. The molecule has 1 aliphatic carbocycles. The van der Waals surface area contributed by atoms with Gasteiger partial charge < -0.3 is 14.8 Å². The van der Waals surface area contributed by atoms with E-state index in [1.165, 1.54) is 0 Å². The maximum absolute atomic E-state index is 12.3. The number of fused-ring (bicyclic) bond motifs is 1. The lowest BCUT2D eigenvalue weighted by molar-refractivity contribution is -0.154. The summed E-state index contributed by atoms with van der Waals surface area (Å²) in [5.74, 6) is -1.81. The summed E-state index contributed by atoms with van der Waals surface area (Å²) < 4.78 is 10.2. The number of likely N-dealkylation sites (tertiary alicyclic amines) is 1. The molecule has 1 aromatic carbocycles. The molecule has 0 aromatic heterocycles. The molecule has 1 saturated carbocycles. The molecule has 28 heavy (non-hydrogen) atoms. The van der Waals surface area contributed by atoms with E-state index in [4.69, 9.17) is 9.47 Å². The van der Waals surface area contributed by atoms with E-state index in [9.17, 15) is 19.2 Å². The quantitative estimate of drug-likeness (QED) is 0.564. The second-order valence-electron chi connectivity index (χ2n) is 6.93. The molecule has 150 valence electrons. The van der Waals surface area contributed by atoms with Gasteiger partial charge in [-0.25, -0.2) is 0 Å². The van der Waals surface area contributed by atoms with E-state index in [2.05, 4.69) is 5.32 Å². The molecule has 1 aromatic rings. The number of rotatable bonds is 7. The minimum atomic E-state index is -0.776. The van der Waals surface area contributed by atoms with Crippen molar-refractivity contribution in [1.82, 2.24) is 4.90 Å². The van der Waals surface area contributed by atoms with Crippen molar-refractivity contribution in [2.45, 2.75) is 32.6 Å². The number of benzene rings is 1. The van der Waals surface area contributed by atoms with Crippen LogP contribution < -0.4 is 10.1 Å². The Balaban J connectivity index is 1.45. The number of carbonyl (C=O) groups excluding carboxylic acids is 4. The van der Waals surface area contributed by atoms with Gasteiger partial charge in [-0.3, -0.25) is 24.1 Å². The minimum absolute atomic E-state index is 0.300. The summed E-state index contributed by atoms with van der Waals surface area (Å²) in [5, 5.41) is 2.60. The summed E-state index contributed by atoms with van der Waals surface area (Å²) in [7, 11) is 0. The van der Waals surface area contributed by atoms with Crippen LogP contribution >= 0.6 is 0 Å². The molecule has 1 saturated heterocycles. The number of esters is 1. The average Bonchev–Trinajstić information content (AvgIpc) is 2.93. The van der Waals surface area contributed by atoms with Crippen LogP contribution in [0.4, 0.5) is 5.69 Å². The first kappa shape index (κ1) is 19.9. The predicted molar refractivity (Wildman–Crippen MR) is 99.4 cm³/mol. The lowest BCUT2D eigenvalue weighted by Gasteiger charge is -2.19. The largest absolute Gasteiger partial charge is 0.494 e. The summed E-state index contributed by atoms with van der Waals surface area (Å²) in [6, 6.07) is 6.78. The number of hydrogen-bond acceptors (Lipinski definition) is 6. The van der Waals surface area contributed by atoms with E-state index in [0.29, 0.717) is 30.9 Å². The lowest BCUT2D eigenvalue weighted by atomic mass is 9.81. The van der Waals surface area contributed by atoms with Crippen LogP contribution in [0.2, 0.25) is 0 Å². The van der Waals surface area contributed by atoms with E-state index in [-0.39, 0.29) is 23.7 Å². The number of carbonyl (C=O) groups is 4. The van der Waals surface area contributed by atoms with E-state index >= 15 is 0 Å². The highest BCUT2D eigenvalue weighted by molar-refractivity contribution is 6.07. The van der Waals surface area contributed by atoms with E-state index < -0.39 is 25.0 Å². The van der Waals surface area contributed by atoms with Gasteiger partial charge in [0.2, 0.25) is 11.8 Å². The fraction of sp³-hybridized carbons (Fsp3) is 0.500. The van der Waals surface area contributed by atoms with Gasteiger partial charge >= 0.3 is 5.97 Å². The zero-order valence-corrected chi connectivity index (χ0v) is 15.8. The molecule has 1 heterocycles. The zero-order chi connectivity index (χ0) is 20.1. The normalized spacial score (nSPS) is 21.2. The van der Waals surface area contributed by atoms with Crippen LogP contribution in [-0.2, 0) is 23.9 Å². The first-order valence-corrected chi connectivity index (χ1v) is 9.53. The van der Waals surface area contributed by atoms with Crippen molar-refractivity contribution in [3.05, 3.63) is 24.3 Å². The first-order valence-electron chi connectivity index (χ1n) is 9.53. The van der Waals surface area contributed by atoms with Crippen molar-refractivity contribution < 1.29 is 28.7 Å². The van der Waals surface area contributed by atoms with Crippen LogP contribution in [0.5, 0.6) is 5.75 Å². The molecule has 2 fully saturated rings. The Morgan fingerprint density at radius 2 is 1.68 bits per heavy atom. The van der Waals surface area contributed by atoms with Crippen LogP contribution in [0.15, 0.2) is 24.3 Å². The first-order chi connectivity index (χ1) is 13.5. The molecule has 8 nitrogen and oxygen atoms in total. The molecule has 2 atom stereocenters. The molecular weight excluding hydrogens is 364 g/mol. The van der Waals surface area contributed by atoms with Gasteiger partial charge in [-0.2, -0.15) is 0 Å². The summed E-state index contributed by atoms with van der Waals surface area (Å²) in [5.41, 5.74) is 0.540. The molecule has 0 bridgehead atoms. The molecule has 0 radical (unpaired) electrons. The summed E-state index contributed by atoms with van der Waals surface area (Å²) in [6.45, 7) is 1.49. The number of anilines is 1. The smallest absolute Gasteiger partial charge is 0.326 e. The van der Waals surface area contributed by atoms with Gasteiger partial charge in [-0.05, 0) is 44.0 Å². The van der Waals surface area contributed by atoms with Gasteiger partial charge in [0.15, 0.2) is 6.61 Å². The third-order valence-electron chi connectivity index (χ3n) is 5.03. The van der Waals surface area contributed by atoms with E-state index in [1.54, 1.807) is 24.3 Å². The molecular formula is C20H24N2O6. The number of amides is 3. The molecule has 1 N–H and O–H groups in total. The zero-order valence-electron chi connectivity index (χ0n) is 15.8. The Labute approximate surface area is 163 Å². The third kappa shape index (κ3) is 4.49. The highest BCUT2D eigenvalue weighted by atomic mass is 16.5. The summed E-state index contributed by atoms with van der Waals surface area (Å²) >= 11 is 0. The maximum Gasteiger partial charge on any atom is 0.326 e. The number of hydrogen-bond donors (Lipinski definition) is 1. The molecule has 0 unspecified atom stereocenters. The molecule has 0 spiro atoms. The minimum Gasteiger partial charge on any atom is -0.494 e. The highest BCUT2D eigenvalue weighted by Crippen LogP contribution is 2.37. The Bertz CT molecular complexity index is 736. The predicted octanol–water partition coefficient (Wildman–Crippen LogP) is 1.74. The van der Waals surface area contributed by atoms with Crippen molar-refractivity contribution in [2.75, 3.05) is 25.1 Å². The molecule has 3 amide bonds. The van der Waals surface area contributed by atoms with Crippen LogP contribution in [0.1, 0.15) is 32.6 Å². The molecule has 1 aliphatic heterocycles. The number of imide groups is 1. The van der Waals surface area contributed by atoms with Crippen LogP contribution in [0, 0.1) is 11.8 Å². The van der Waals surface area contributed by atoms with Crippen molar-refractivity contribution >= 4 is 29.4 Å². The van der Waals surface area contributed by atoms with Gasteiger partial charge in [0.1, 0.15) is 12.3 Å². The number of nitrogens with zero attached hydrogens (tertiary/aromatic N) is 1. The van der Waals surface area contributed by atoms with Gasteiger partial charge in [-0.1, -0.05) is 12.8 Å². The summed E-state index contributed by atoms with van der Waals surface area (Å²) in [4.78, 5) is 49.6. The molecule has 2 aliphatic rings. The van der Waals surface area contributed by atoms with Gasteiger partial charge in [-0.15, -0.1) is 0 Å². The van der Waals surface area contributed by atoms with Gasteiger partial charge in [0.05, 0.1) is 18.4 Å². The second kappa shape index (κ2) is 8.86. The Hall–Kier alpha value is -2.90. The Kier molecular flexibility index (Phi) is 6.28. The SMILES string of the molecule is CCOc1ccc(NC(=O)COC(=O)CN2C(=O)[C@H]3CCCC[C@H]3C2=O)cc1. The Morgan fingerprint density at radius 1 is 1.07 bits per heavy atom. The number of ether oxygens (including phenoxy) is 2. The third-order valence-corrected chi connectivity index (χ3v) is 5.03. The fourth-order valence-electron chi connectivity index (χ4n) is 3.71. The average molecular weight is 388 g/mol. The number of nitrogens with one attached hydrogen (secondary N) is 1. The van der Waals surface area contributed by atoms with E-state index in [0.717, 1.165) is 17.7 Å². The topological polar surface area (TPSA) is 102 Å². The lowest BCUT2D eigenvalue weighted by Crippen LogP contribution is -2.37. The van der Waals surface area contributed by atoms with Crippen molar-refractivity contribution in [3.63, 3.8) is 0 Å². The Morgan fingerprint density at radius 3 is 2.25 bits per heavy atom. The molecule has 8 heteroatoms. The van der Waals surface area contributed by atoms with Gasteiger partial charge in [0, 0.05) is 5.69 Å². The van der Waals surface area contributed by atoms with Crippen molar-refractivity contribution in [1.29, 1.82) is 0 Å².